The number of rotatable bonds is 0. The van der Waals surface area contributed by atoms with Gasteiger partial charge in [-0.1, -0.05) is 34.6 Å². The van der Waals surface area contributed by atoms with Gasteiger partial charge in [-0.3, -0.25) is 0 Å². The molecule has 8 radical (unpaired) electrons. The summed E-state index contributed by atoms with van der Waals surface area (Å²) < 4.78 is 22.5. The van der Waals surface area contributed by atoms with Gasteiger partial charge in [0.05, 0.1) is 0 Å². The van der Waals surface area contributed by atoms with Crippen molar-refractivity contribution >= 4 is 16.3 Å². The van der Waals surface area contributed by atoms with Gasteiger partial charge in [-0.15, -0.1) is 7.92 Å². The molecule has 0 aromatic heterocycles. The molecule has 0 spiro atoms. The molecule has 0 heterocycles. The molecule has 3 nitrogen and oxygen atoms in total. The Kier molecular flexibility index (Phi) is 45.6. The molecule has 0 saturated heterocycles. The molecule has 1 aliphatic rings. The van der Waals surface area contributed by atoms with Crippen molar-refractivity contribution in [2.45, 2.75) is 34.6 Å². The normalized spacial score (nSPS) is 14.9. The first-order valence-electron chi connectivity index (χ1n) is 5.70. The summed E-state index contributed by atoms with van der Waals surface area (Å²) in [7, 11) is 0.380. The van der Waals surface area contributed by atoms with E-state index in [0.29, 0.717) is 7.92 Å². The van der Waals surface area contributed by atoms with E-state index in [-0.39, 0.29) is 29.5 Å². The van der Waals surface area contributed by atoms with Gasteiger partial charge in [-0.05, 0) is 49.6 Å². The minimum Gasteiger partial charge on any atom is 0 e. The minimum atomic E-state index is 0. The van der Waals surface area contributed by atoms with Gasteiger partial charge in [0.2, 0.25) is 0 Å². The predicted octanol–water partition coefficient (Wildman–Crippen LogP) is 3.83. The molecule has 0 atom stereocenters. The fourth-order valence-corrected chi connectivity index (χ4v) is 1.41. The van der Waals surface area contributed by atoms with Crippen LogP contribution in [0.1, 0.15) is 34.6 Å². The molecule has 1 aliphatic carbocycles. The molecule has 0 amide bonds. The van der Waals surface area contributed by atoms with Gasteiger partial charge in [-0.2, -0.15) is 0 Å². The van der Waals surface area contributed by atoms with E-state index >= 15 is 0 Å². The molecule has 1 rings (SSSR count). The Balaban J connectivity index is -0.0000000460. The van der Waals surface area contributed by atoms with Gasteiger partial charge in [0.15, 0.2) is 0 Å². The zero-order valence-electron chi connectivity index (χ0n) is 14.7. The second-order valence-corrected chi connectivity index (χ2v) is 7.15. The van der Waals surface area contributed by atoms with Crippen molar-refractivity contribution in [3.63, 3.8) is 0 Å². The summed E-state index contributed by atoms with van der Waals surface area (Å²) in [6, 6.07) is 0. The molecule has 0 unspecified atom stereocenters. The van der Waals surface area contributed by atoms with Crippen molar-refractivity contribution in [2.75, 3.05) is 20.0 Å². The van der Waals surface area contributed by atoms with E-state index in [0.717, 1.165) is 0 Å². The fraction of sp³-hybridized carbons (Fsp3) is 0.500. The van der Waals surface area contributed by atoms with E-state index in [4.69, 9.17) is 14.0 Å². The van der Waals surface area contributed by atoms with E-state index in [1.807, 2.05) is 0 Å². The van der Waals surface area contributed by atoms with Crippen LogP contribution < -0.4 is 0 Å². The molecule has 1 saturated carbocycles. The molecule has 0 bridgehead atoms. The van der Waals surface area contributed by atoms with Gasteiger partial charge in [0.1, 0.15) is 0 Å². The monoisotopic (exact) mass is 490 g/mol. The Morgan fingerprint density at radius 2 is 0.591 bits per heavy atom. The maximum Gasteiger partial charge on any atom is 0 e. The summed E-state index contributed by atoms with van der Waals surface area (Å²) in [6.45, 7) is 31.2. The van der Waals surface area contributed by atoms with Crippen LogP contribution in [0.4, 0.5) is 0 Å². The van der Waals surface area contributed by atoms with Crippen LogP contribution in [0.25, 0.3) is 0 Å². The predicted molar refractivity (Wildman–Crippen MR) is 86.8 cm³/mol. The van der Waals surface area contributed by atoms with Gasteiger partial charge in [0.25, 0.3) is 0 Å². The summed E-state index contributed by atoms with van der Waals surface area (Å²) >= 11 is 0. The molecular formula is C16H24BO3PW. The summed E-state index contributed by atoms with van der Waals surface area (Å²) in [5, 5.41) is 0. The van der Waals surface area contributed by atoms with Crippen LogP contribution in [0.2, 0.25) is 0 Å². The van der Waals surface area contributed by atoms with Crippen LogP contribution in [0, 0.1) is 49.5 Å². The summed E-state index contributed by atoms with van der Waals surface area (Å²) in [6.07, 6.45) is 0. The van der Waals surface area contributed by atoms with Crippen molar-refractivity contribution in [1.29, 1.82) is 0 Å². The molecule has 0 N–H and O–H groups in total. The Hall–Kier alpha value is 0.403. The molecule has 1 fully saturated rings. The number of hydrogen-bond donors (Lipinski definition) is 0. The van der Waals surface area contributed by atoms with Gasteiger partial charge >= 0.3 is 33.9 Å². The third-order valence-electron chi connectivity index (χ3n) is 2.81. The van der Waals surface area contributed by atoms with Crippen LogP contribution >= 0.6 is 7.92 Å². The van der Waals surface area contributed by atoms with Crippen LogP contribution in [0.5, 0.6) is 0 Å². The third kappa shape index (κ3) is 18.5. The maximum absolute atomic E-state index is 7.50. The average Bonchev–Trinajstić information content (AvgIpc) is 2.63. The smallest absolute Gasteiger partial charge is 0 e. The van der Waals surface area contributed by atoms with Crippen molar-refractivity contribution in [3.8, 4) is 0 Å². The molecule has 22 heavy (non-hydrogen) atoms. The van der Waals surface area contributed by atoms with Crippen molar-refractivity contribution in [1.82, 2.24) is 0 Å². The van der Waals surface area contributed by atoms with Crippen molar-refractivity contribution in [3.05, 3.63) is 49.5 Å². The zero-order valence-corrected chi connectivity index (χ0v) is 18.5. The molecule has 0 aromatic carbocycles. The Morgan fingerprint density at radius 3 is 0.636 bits per heavy atom. The summed E-state index contributed by atoms with van der Waals surface area (Å²) in [5.74, 6) is 7.34. The Morgan fingerprint density at radius 1 is 0.545 bits per heavy atom. The molecule has 0 aromatic rings. The van der Waals surface area contributed by atoms with Crippen LogP contribution in [0.15, 0.2) is 0 Å². The average molecular weight is 490 g/mol. The first-order valence-corrected chi connectivity index (χ1v) is 8.39. The van der Waals surface area contributed by atoms with Gasteiger partial charge in [0, 0.05) is 29.5 Å². The van der Waals surface area contributed by atoms with Crippen molar-refractivity contribution < 1.29 is 35.0 Å². The van der Waals surface area contributed by atoms with E-state index in [2.05, 4.69) is 74.6 Å². The minimum absolute atomic E-state index is 0. The molecule has 0 aliphatic heterocycles. The van der Waals surface area contributed by atoms with Crippen LogP contribution in [-0.2, 0) is 35.0 Å². The fourth-order valence-electron chi connectivity index (χ4n) is 1.41. The quantitative estimate of drug-likeness (QED) is 0.215. The largest absolute Gasteiger partial charge is 0 e. The zero-order chi connectivity index (χ0) is 17.5. The Bertz CT molecular complexity index is 208. The number of hydrogen-bond acceptors (Lipinski definition) is 0. The second-order valence-electron chi connectivity index (χ2n) is 4.47. The standard InChI is InChI=1S/C10H15.C3H9P.3CO.B.W/c1-6-7(2)9(4)10(5)8(6)3;1-4(2)3;3*1-2;;/h1-5H3;1-3H3;;;;;. The SMILES string of the molecule is CP(C)C.C[C]1[C](C)[C](C)[C](C)[C]1C.[B].[C-]#[O+].[C-]#[O+].[C-]#[O+].[W]. The summed E-state index contributed by atoms with van der Waals surface area (Å²) in [5.41, 5.74) is 0. The summed E-state index contributed by atoms with van der Waals surface area (Å²) in [4.78, 5) is 0. The molecule has 120 valence electrons. The third-order valence-corrected chi connectivity index (χ3v) is 2.81. The Labute approximate surface area is 155 Å². The van der Waals surface area contributed by atoms with E-state index in [1.165, 1.54) is 29.6 Å². The van der Waals surface area contributed by atoms with Crippen LogP contribution in [0.3, 0.4) is 0 Å². The molecular weight excluding hydrogens is 466 g/mol. The van der Waals surface area contributed by atoms with E-state index in [1.54, 1.807) is 0 Å². The first-order chi connectivity index (χ1) is 9.29. The maximum atomic E-state index is 7.50. The van der Waals surface area contributed by atoms with E-state index in [9.17, 15) is 0 Å². The van der Waals surface area contributed by atoms with Crippen molar-refractivity contribution in [2.24, 2.45) is 0 Å². The van der Waals surface area contributed by atoms with E-state index < -0.39 is 0 Å². The van der Waals surface area contributed by atoms with Crippen LogP contribution in [-0.4, -0.2) is 28.4 Å². The van der Waals surface area contributed by atoms with Gasteiger partial charge < -0.3 is 0 Å². The van der Waals surface area contributed by atoms with Gasteiger partial charge in [-0.25, -0.2) is 0 Å². The topological polar surface area (TPSA) is 59.7 Å². The second kappa shape index (κ2) is 26.3. The molecule has 6 heteroatoms. The first kappa shape index (κ1) is 38.1.